The fraction of sp³-hybridized carbons (Fsp3) is 0.455. The summed E-state index contributed by atoms with van der Waals surface area (Å²) in [6, 6.07) is 2.94. The predicted octanol–water partition coefficient (Wildman–Crippen LogP) is 1.78. The van der Waals surface area contributed by atoms with Gasteiger partial charge in [-0.15, -0.1) is 0 Å². The van der Waals surface area contributed by atoms with E-state index in [1.807, 2.05) is 9.47 Å². The van der Waals surface area contributed by atoms with E-state index < -0.39 is 23.2 Å². The number of carbonyl (C=O) groups excluding carboxylic acids is 2. The van der Waals surface area contributed by atoms with Crippen LogP contribution in [0, 0.1) is 5.82 Å². The number of carboxylic acid groups (broad SMARTS) is 1. The number of amides is 1. The molecule has 4 rings (SSSR count). The zero-order chi connectivity index (χ0) is 23.0. The first kappa shape index (κ1) is 21.8. The van der Waals surface area contributed by atoms with Gasteiger partial charge in [0, 0.05) is 50.2 Å². The van der Waals surface area contributed by atoms with E-state index in [1.165, 1.54) is 19.4 Å². The van der Waals surface area contributed by atoms with Gasteiger partial charge < -0.3 is 24.2 Å². The molecule has 32 heavy (non-hydrogen) atoms. The highest BCUT2D eigenvalue weighted by molar-refractivity contribution is 5.94. The number of anilines is 1. The lowest BCUT2D eigenvalue weighted by atomic mass is 10.1. The topological polar surface area (TPSA) is 109 Å². The Morgan fingerprint density at radius 1 is 1.12 bits per heavy atom. The maximum atomic E-state index is 15.1. The van der Waals surface area contributed by atoms with Crippen molar-refractivity contribution >= 4 is 34.4 Å². The van der Waals surface area contributed by atoms with Crippen molar-refractivity contribution < 1.29 is 28.6 Å². The summed E-state index contributed by atoms with van der Waals surface area (Å²) in [6.07, 6.45) is 3.03. The van der Waals surface area contributed by atoms with Gasteiger partial charge in [0.2, 0.25) is 11.3 Å². The minimum absolute atomic E-state index is 0.0597. The zero-order valence-corrected chi connectivity index (χ0v) is 17.7. The third-order valence-corrected chi connectivity index (χ3v) is 5.97. The summed E-state index contributed by atoms with van der Waals surface area (Å²) in [5, 5.41) is 8.87. The Bertz CT molecular complexity index is 1150. The van der Waals surface area contributed by atoms with E-state index >= 15 is 4.39 Å². The third kappa shape index (κ3) is 4.17. The number of nitrogens with zero attached hydrogens (tertiary/aromatic N) is 3. The molecule has 1 aliphatic heterocycles. The van der Waals surface area contributed by atoms with Crippen LogP contribution in [-0.2, 0) is 14.3 Å². The smallest absolute Gasteiger partial charge is 0.343 e. The number of halogens is 1. The molecule has 1 aromatic carbocycles. The lowest BCUT2D eigenvalue weighted by molar-refractivity contribution is -0.141. The SMILES string of the molecule is COC(=O)c1cn(C2CC2)c2cc(N3CCN(C(=O)CCC(=O)O)CC3)c(F)cc2c1=O. The number of carboxylic acids is 1. The number of esters is 1. The number of carbonyl (C=O) groups is 3. The van der Waals surface area contributed by atoms with Gasteiger partial charge in [0.25, 0.3) is 0 Å². The van der Waals surface area contributed by atoms with Crippen molar-refractivity contribution in [2.45, 2.75) is 31.7 Å². The average molecular weight is 445 g/mol. The molecule has 10 heteroatoms. The van der Waals surface area contributed by atoms with Crippen molar-refractivity contribution in [2.24, 2.45) is 0 Å². The Kier molecular flexibility index (Phi) is 5.86. The van der Waals surface area contributed by atoms with Gasteiger partial charge in [0.15, 0.2) is 0 Å². The monoisotopic (exact) mass is 445 g/mol. The summed E-state index contributed by atoms with van der Waals surface area (Å²) >= 11 is 0. The van der Waals surface area contributed by atoms with Gasteiger partial charge in [-0.1, -0.05) is 0 Å². The van der Waals surface area contributed by atoms with Crippen LogP contribution in [-0.4, -0.2) is 65.7 Å². The molecule has 1 saturated carbocycles. The lowest BCUT2D eigenvalue weighted by Gasteiger charge is -2.36. The number of hydrogen-bond donors (Lipinski definition) is 1. The highest BCUT2D eigenvalue weighted by Crippen LogP contribution is 2.38. The van der Waals surface area contributed by atoms with E-state index in [1.54, 1.807) is 11.0 Å². The highest BCUT2D eigenvalue weighted by atomic mass is 19.1. The second-order valence-corrected chi connectivity index (χ2v) is 8.08. The number of rotatable bonds is 6. The Hall–Kier alpha value is -3.43. The quantitative estimate of drug-likeness (QED) is 0.675. The summed E-state index contributed by atoms with van der Waals surface area (Å²) in [4.78, 5) is 51.1. The van der Waals surface area contributed by atoms with Gasteiger partial charge in [0.1, 0.15) is 11.4 Å². The minimum Gasteiger partial charge on any atom is -0.481 e. The molecule has 1 amide bonds. The van der Waals surface area contributed by atoms with E-state index in [9.17, 15) is 19.2 Å². The van der Waals surface area contributed by atoms with Crippen molar-refractivity contribution in [3.05, 3.63) is 39.9 Å². The molecule has 1 aliphatic carbocycles. The molecule has 2 fully saturated rings. The molecule has 1 N–H and O–H groups in total. The van der Waals surface area contributed by atoms with Crippen LogP contribution in [0.1, 0.15) is 42.1 Å². The molecule has 0 atom stereocenters. The number of pyridine rings is 1. The van der Waals surface area contributed by atoms with Gasteiger partial charge in [-0.2, -0.15) is 0 Å². The number of methoxy groups -OCH3 is 1. The van der Waals surface area contributed by atoms with Crippen LogP contribution in [0.5, 0.6) is 0 Å². The number of aliphatic carboxylic acids is 1. The summed E-state index contributed by atoms with van der Waals surface area (Å²) in [5.41, 5.74) is 0.201. The van der Waals surface area contributed by atoms with Crippen LogP contribution < -0.4 is 10.3 Å². The lowest BCUT2D eigenvalue weighted by Crippen LogP contribution is -2.49. The first-order valence-corrected chi connectivity index (χ1v) is 10.5. The van der Waals surface area contributed by atoms with Crippen molar-refractivity contribution in [1.82, 2.24) is 9.47 Å². The predicted molar refractivity (Wildman–Crippen MR) is 113 cm³/mol. The normalized spacial score (nSPS) is 16.3. The van der Waals surface area contributed by atoms with E-state index in [4.69, 9.17) is 9.84 Å². The number of piperazine rings is 1. The van der Waals surface area contributed by atoms with Gasteiger partial charge in [-0.25, -0.2) is 9.18 Å². The molecule has 0 bridgehead atoms. The standard InChI is InChI=1S/C22H24FN3O6/c1-32-22(31)15-12-26(13-2-3-13)17-11-18(16(23)10-14(17)21(15)30)24-6-8-25(9-7-24)19(27)4-5-20(28)29/h10-13H,2-9H2,1H3,(H,28,29). The number of fused-ring (bicyclic) bond motifs is 1. The number of ether oxygens (including phenoxy) is 1. The van der Waals surface area contributed by atoms with Crippen LogP contribution >= 0.6 is 0 Å². The summed E-state index contributed by atoms with van der Waals surface area (Å²) in [6.45, 7) is 1.48. The molecule has 1 aromatic heterocycles. The summed E-state index contributed by atoms with van der Waals surface area (Å²) in [7, 11) is 1.20. The molecule has 1 saturated heterocycles. The number of aromatic nitrogens is 1. The Labute approximate surface area is 183 Å². The van der Waals surface area contributed by atoms with E-state index in [0.717, 1.165) is 12.8 Å². The van der Waals surface area contributed by atoms with Gasteiger partial charge in [-0.05, 0) is 25.0 Å². The van der Waals surface area contributed by atoms with Crippen LogP contribution in [0.15, 0.2) is 23.1 Å². The Morgan fingerprint density at radius 3 is 2.41 bits per heavy atom. The van der Waals surface area contributed by atoms with Crippen LogP contribution in [0.25, 0.3) is 10.9 Å². The Balaban J connectivity index is 1.62. The van der Waals surface area contributed by atoms with Crippen LogP contribution in [0.4, 0.5) is 10.1 Å². The molecule has 2 heterocycles. The fourth-order valence-corrected chi connectivity index (χ4v) is 4.08. The maximum Gasteiger partial charge on any atom is 0.343 e. The summed E-state index contributed by atoms with van der Waals surface area (Å²) < 4.78 is 21.6. The van der Waals surface area contributed by atoms with Crippen LogP contribution in [0.3, 0.4) is 0 Å². The number of hydrogen-bond acceptors (Lipinski definition) is 6. The first-order valence-electron chi connectivity index (χ1n) is 10.5. The summed E-state index contributed by atoms with van der Waals surface area (Å²) in [5.74, 6) is -2.58. The second kappa shape index (κ2) is 8.60. The number of benzene rings is 1. The van der Waals surface area contributed by atoms with Crippen molar-refractivity contribution in [2.75, 3.05) is 38.2 Å². The van der Waals surface area contributed by atoms with Gasteiger partial charge >= 0.3 is 11.9 Å². The van der Waals surface area contributed by atoms with Crippen molar-refractivity contribution in [3.63, 3.8) is 0 Å². The highest BCUT2D eigenvalue weighted by Gasteiger charge is 2.29. The molecule has 9 nitrogen and oxygen atoms in total. The second-order valence-electron chi connectivity index (χ2n) is 8.08. The maximum absolute atomic E-state index is 15.1. The van der Waals surface area contributed by atoms with E-state index in [0.29, 0.717) is 37.4 Å². The van der Waals surface area contributed by atoms with Crippen molar-refractivity contribution in [3.8, 4) is 0 Å². The zero-order valence-electron chi connectivity index (χ0n) is 17.7. The average Bonchev–Trinajstić information content (AvgIpc) is 3.62. The largest absolute Gasteiger partial charge is 0.481 e. The third-order valence-electron chi connectivity index (χ3n) is 5.97. The molecule has 170 valence electrons. The van der Waals surface area contributed by atoms with E-state index in [-0.39, 0.29) is 35.7 Å². The van der Waals surface area contributed by atoms with Gasteiger partial charge in [0.05, 0.1) is 24.7 Å². The molecule has 0 spiro atoms. The molecule has 2 aromatic rings. The van der Waals surface area contributed by atoms with Crippen LogP contribution in [0.2, 0.25) is 0 Å². The minimum atomic E-state index is -1.02. The molecular weight excluding hydrogens is 421 g/mol. The molecule has 0 radical (unpaired) electrons. The van der Waals surface area contributed by atoms with Crippen molar-refractivity contribution in [1.29, 1.82) is 0 Å². The van der Waals surface area contributed by atoms with Gasteiger partial charge in [-0.3, -0.25) is 14.4 Å². The Morgan fingerprint density at radius 2 is 1.81 bits per heavy atom. The first-order chi connectivity index (χ1) is 15.3. The molecule has 0 unspecified atom stereocenters. The van der Waals surface area contributed by atoms with E-state index in [2.05, 4.69) is 0 Å². The molecule has 2 aliphatic rings. The molecular formula is C22H24FN3O6. The fourth-order valence-electron chi connectivity index (χ4n) is 4.08.